The molecule has 0 fully saturated rings. The molecule has 0 aliphatic heterocycles. The zero-order valence-electron chi connectivity index (χ0n) is 12.7. The summed E-state index contributed by atoms with van der Waals surface area (Å²) in [5.74, 6) is -0.851. The van der Waals surface area contributed by atoms with Crippen molar-refractivity contribution >= 4 is 17.4 Å². The van der Waals surface area contributed by atoms with Crippen molar-refractivity contribution in [2.75, 3.05) is 11.1 Å². The summed E-state index contributed by atoms with van der Waals surface area (Å²) in [6.45, 7) is 4.26. The van der Waals surface area contributed by atoms with Crippen LogP contribution >= 0.6 is 11.8 Å². The topological polar surface area (TPSA) is 12.0 Å². The molecule has 0 bridgehead atoms. The van der Waals surface area contributed by atoms with Crippen LogP contribution in [0.2, 0.25) is 0 Å². The van der Waals surface area contributed by atoms with Gasteiger partial charge in [0, 0.05) is 16.6 Å². The number of nitrogens with one attached hydrogen (secondary N) is 1. The summed E-state index contributed by atoms with van der Waals surface area (Å²) in [6, 6.07) is 7.48. The van der Waals surface area contributed by atoms with Gasteiger partial charge in [-0.2, -0.15) is 13.2 Å². The number of halogens is 3. The van der Waals surface area contributed by atoms with Crippen LogP contribution in [-0.2, 0) is 0 Å². The van der Waals surface area contributed by atoms with Crippen LogP contribution in [0.25, 0.3) is 0 Å². The van der Waals surface area contributed by atoms with Crippen LogP contribution in [0.5, 0.6) is 0 Å². The SMILES string of the molecule is CCCCCCC(C)Nc1ccccc1SCC(F)(F)F. The third-order valence-electron chi connectivity index (χ3n) is 3.17. The Morgan fingerprint density at radius 3 is 2.52 bits per heavy atom. The minimum Gasteiger partial charge on any atom is -0.382 e. The first-order valence-electron chi connectivity index (χ1n) is 7.47. The van der Waals surface area contributed by atoms with Crippen molar-refractivity contribution in [1.29, 1.82) is 0 Å². The number of unbranched alkanes of at least 4 members (excludes halogenated alkanes) is 3. The van der Waals surface area contributed by atoms with E-state index in [9.17, 15) is 13.2 Å². The van der Waals surface area contributed by atoms with Gasteiger partial charge in [0.25, 0.3) is 0 Å². The lowest BCUT2D eigenvalue weighted by Crippen LogP contribution is -2.16. The lowest BCUT2D eigenvalue weighted by Gasteiger charge is -2.18. The van der Waals surface area contributed by atoms with Crippen molar-refractivity contribution < 1.29 is 13.2 Å². The molecule has 1 atom stereocenters. The molecule has 0 heterocycles. The van der Waals surface area contributed by atoms with E-state index in [-0.39, 0.29) is 6.04 Å². The molecule has 0 amide bonds. The second kappa shape index (κ2) is 9.23. The maximum atomic E-state index is 12.3. The van der Waals surface area contributed by atoms with Crippen molar-refractivity contribution in [3.63, 3.8) is 0 Å². The molecule has 0 aromatic heterocycles. The van der Waals surface area contributed by atoms with Gasteiger partial charge in [-0.3, -0.25) is 0 Å². The van der Waals surface area contributed by atoms with E-state index in [2.05, 4.69) is 19.2 Å². The number of hydrogen-bond acceptors (Lipinski definition) is 2. The van der Waals surface area contributed by atoms with Gasteiger partial charge in [0.2, 0.25) is 0 Å². The quantitative estimate of drug-likeness (QED) is 0.435. The Morgan fingerprint density at radius 1 is 1.14 bits per heavy atom. The van der Waals surface area contributed by atoms with Gasteiger partial charge in [-0.25, -0.2) is 0 Å². The summed E-state index contributed by atoms with van der Waals surface area (Å²) in [5, 5.41) is 3.34. The number of alkyl halides is 3. The van der Waals surface area contributed by atoms with Crippen LogP contribution in [-0.4, -0.2) is 18.0 Å². The number of para-hydroxylation sites is 1. The van der Waals surface area contributed by atoms with Crippen molar-refractivity contribution in [3.05, 3.63) is 24.3 Å². The number of rotatable bonds is 9. The Balaban J connectivity index is 2.50. The van der Waals surface area contributed by atoms with Crippen LogP contribution in [0.15, 0.2) is 29.2 Å². The van der Waals surface area contributed by atoms with Gasteiger partial charge in [-0.1, -0.05) is 44.7 Å². The number of benzene rings is 1. The van der Waals surface area contributed by atoms with Gasteiger partial charge in [-0.15, -0.1) is 11.8 Å². The van der Waals surface area contributed by atoms with E-state index in [0.29, 0.717) is 4.90 Å². The first-order valence-corrected chi connectivity index (χ1v) is 8.46. The maximum absolute atomic E-state index is 12.3. The molecule has 0 aliphatic carbocycles. The van der Waals surface area contributed by atoms with Gasteiger partial charge >= 0.3 is 6.18 Å². The Bertz CT molecular complexity index is 407. The first-order chi connectivity index (χ1) is 9.92. The second-order valence-electron chi connectivity index (χ2n) is 5.29. The highest BCUT2D eigenvalue weighted by Gasteiger charge is 2.27. The molecule has 0 saturated carbocycles. The van der Waals surface area contributed by atoms with Crippen molar-refractivity contribution in [1.82, 2.24) is 0 Å². The molecule has 0 spiro atoms. The molecule has 1 nitrogen and oxygen atoms in total. The van der Waals surface area contributed by atoms with E-state index >= 15 is 0 Å². The van der Waals surface area contributed by atoms with Gasteiger partial charge in [-0.05, 0) is 25.5 Å². The summed E-state index contributed by atoms with van der Waals surface area (Å²) in [6.07, 6.45) is 1.72. The zero-order valence-corrected chi connectivity index (χ0v) is 13.5. The van der Waals surface area contributed by atoms with Gasteiger partial charge in [0.15, 0.2) is 0 Å². The molecule has 0 radical (unpaired) electrons. The minimum atomic E-state index is -4.14. The summed E-state index contributed by atoms with van der Waals surface area (Å²) in [4.78, 5) is 0.662. The highest BCUT2D eigenvalue weighted by Crippen LogP contribution is 2.32. The van der Waals surface area contributed by atoms with Crippen LogP contribution in [0.1, 0.15) is 46.0 Å². The Labute approximate surface area is 129 Å². The van der Waals surface area contributed by atoms with E-state index < -0.39 is 11.9 Å². The van der Waals surface area contributed by atoms with Crippen LogP contribution in [0.4, 0.5) is 18.9 Å². The first kappa shape index (κ1) is 18.2. The predicted molar refractivity (Wildman–Crippen MR) is 85.1 cm³/mol. The van der Waals surface area contributed by atoms with E-state index in [0.717, 1.165) is 30.3 Å². The molecular formula is C16H24F3NS. The standard InChI is InChI=1S/C16H24F3NS/c1-3-4-5-6-9-13(2)20-14-10-7-8-11-15(14)21-12-16(17,18)19/h7-8,10-11,13,20H,3-6,9,12H2,1-2H3. The van der Waals surface area contributed by atoms with Gasteiger partial charge < -0.3 is 5.32 Å². The molecule has 1 unspecified atom stereocenters. The molecule has 120 valence electrons. The molecule has 1 aromatic carbocycles. The Kier molecular flexibility index (Phi) is 8.01. The highest BCUT2D eigenvalue weighted by atomic mass is 32.2. The van der Waals surface area contributed by atoms with Crippen LogP contribution in [0, 0.1) is 0 Å². The van der Waals surface area contributed by atoms with Crippen molar-refractivity contribution in [2.24, 2.45) is 0 Å². The third kappa shape index (κ3) is 8.24. The lowest BCUT2D eigenvalue weighted by atomic mass is 10.1. The molecule has 0 aliphatic rings. The molecule has 21 heavy (non-hydrogen) atoms. The van der Waals surface area contributed by atoms with Crippen molar-refractivity contribution in [3.8, 4) is 0 Å². The van der Waals surface area contributed by atoms with Crippen LogP contribution < -0.4 is 5.32 Å². The fourth-order valence-corrected chi connectivity index (χ4v) is 2.86. The van der Waals surface area contributed by atoms with Crippen molar-refractivity contribution in [2.45, 2.75) is 63.1 Å². The summed E-state index contributed by atoms with van der Waals surface area (Å²) < 4.78 is 37.0. The molecule has 1 rings (SSSR count). The summed E-state index contributed by atoms with van der Waals surface area (Å²) >= 11 is 0.840. The normalized spacial score (nSPS) is 13.2. The number of thioether (sulfide) groups is 1. The Hall–Kier alpha value is -0.840. The van der Waals surface area contributed by atoms with E-state index in [1.165, 1.54) is 19.3 Å². The lowest BCUT2D eigenvalue weighted by molar-refractivity contribution is -0.105. The van der Waals surface area contributed by atoms with E-state index in [1.54, 1.807) is 12.1 Å². The second-order valence-corrected chi connectivity index (χ2v) is 6.31. The largest absolute Gasteiger partial charge is 0.398 e. The van der Waals surface area contributed by atoms with Gasteiger partial charge in [0.1, 0.15) is 0 Å². The van der Waals surface area contributed by atoms with E-state index in [4.69, 9.17) is 0 Å². The Morgan fingerprint density at radius 2 is 1.86 bits per heavy atom. The smallest absolute Gasteiger partial charge is 0.382 e. The predicted octanol–water partition coefficient (Wildman–Crippen LogP) is 6.11. The monoisotopic (exact) mass is 319 g/mol. The molecule has 1 aromatic rings. The summed E-state index contributed by atoms with van der Waals surface area (Å²) in [5.41, 5.74) is 0.801. The third-order valence-corrected chi connectivity index (χ3v) is 4.31. The zero-order chi connectivity index (χ0) is 15.7. The molecule has 0 saturated heterocycles. The molecular weight excluding hydrogens is 295 g/mol. The van der Waals surface area contributed by atoms with E-state index in [1.807, 2.05) is 12.1 Å². The van der Waals surface area contributed by atoms with Gasteiger partial charge in [0.05, 0.1) is 5.75 Å². The van der Waals surface area contributed by atoms with Crippen LogP contribution in [0.3, 0.4) is 0 Å². The average molecular weight is 319 g/mol. The summed E-state index contributed by atoms with van der Waals surface area (Å²) in [7, 11) is 0. The number of anilines is 1. The average Bonchev–Trinajstić information content (AvgIpc) is 2.42. The number of hydrogen-bond donors (Lipinski definition) is 1. The fourth-order valence-electron chi connectivity index (χ4n) is 2.09. The highest BCUT2D eigenvalue weighted by molar-refractivity contribution is 7.99. The molecule has 1 N–H and O–H groups in total. The minimum absolute atomic E-state index is 0.273. The molecule has 5 heteroatoms. The maximum Gasteiger partial charge on any atom is 0.398 e. The fraction of sp³-hybridized carbons (Fsp3) is 0.625.